The molecule has 0 fully saturated rings. The van der Waals surface area contributed by atoms with Gasteiger partial charge in [0.25, 0.3) is 0 Å². The summed E-state index contributed by atoms with van der Waals surface area (Å²) in [4.78, 5) is 0. The third-order valence-corrected chi connectivity index (χ3v) is 9.95. The molecule has 0 aliphatic heterocycles. The Labute approximate surface area is 227 Å². The summed E-state index contributed by atoms with van der Waals surface area (Å²) in [6.45, 7) is 28.9. The molecule has 0 radical (unpaired) electrons. The molecule has 1 atom stereocenters. The zero-order chi connectivity index (χ0) is 27.3. The first-order valence-electron chi connectivity index (χ1n) is 14.6. The highest BCUT2D eigenvalue weighted by Crippen LogP contribution is 2.69. The van der Waals surface area contributed by atoms with E-state index < -0.39 is 0 Å². The van der Waals surface area contributed by atoms with E-state index in [9.17, 15) is 0 Å². The Morgan fingerprint density at radius 2 is 1.14 bits per heavy atom. The first kappa shape index (κ1) is 26.5. The maximum atomic E-state index is 2.66. The van der Waals surface area contributed by atoms with E-state index in [1.165, 1.54) is 41.5 Å². The summed E-state index contributed by atoms with van der Waals surface area (Å²) in [5, 5.41) is 0. The van der Waals surface area contributed by atoms with Crippen molar-refractivity contribution in [2.45, 2.75) is 119 Å². The fraction of sp³-hybridized carbons (Fsp3) is 0.568. The van der Waals surface area contributed by atoms with Crippen molar-refractivity contribution >= 4 is 0 Å². The van der Waals surface area contributed by atoms with Crippen LogP contribution in [-0.4, -0.2) is 0 Å². The number of allylic oxidation sites excluding steroid dienone is 4. The maximum Gasteiger partial charge on any atom is 0.0204 e. The SMILES string of the molecule is CC(C)(C)C1=CC2=C(CCC2(C2c3cc(C(C)(C)C)ccc3-c3ccc(C(C)(C)C)cc32)C(C)(C)C)C1. The molecular weight excluding hydrogens is 444 g/mol. The van der Waals surface area contributed by atoms with E-state index in [0.717, 1.165) is 0 Å². The van der Waals surface area contributed by atoms with Crippen LogP contribution in [0.5, 0.6) is 0 Å². The van der Waals surface area contributed by atoms with Crippen molar-refractivity contribution in [3.05, 3.63) is 81.4 Å². The van der Waals surface area contributed by atoms with E-state index in [0.29, 0.717) is 5.92 Å². The van der Waals surface area contributed by atoms with Crippen molar-refractivity contribution in [1.29, 1.82) is 0 Å². The first-order valence-corrected chi connectivity index (χ1v) is 14.6. The summed E-state index contributed by atoms with van der Waals surface area (Å²) >= 11 is 0. The van der Waals surface area contributed by atoms with Crippen LogP contribution in [0.25, 0.3) is 11.1 Å². The minimum absolute atomic E-state index is 0.0857. The molecule has 2 aromatic rings. The van der Waals surface area contributed by atoms with E-state index >= 15 is 0 Å². The molecule has 0 heteroatoms. The lowest BCUT2D eigenvalue weighted by atomic mass is 9.54. The summed E-state index contributed by atoms with van der Waals surface area (Å²) in [5.41, 5.74) is 14.7. The molecule has 0 amide bonds. The summed E-state index contributed by atoms with van der Waals surface area (Å²) in [6.07, 6.45) is 6.32. The first-order chi connectivity index (χ1) is 16.9. The number of benzene rings is 2. The molecule has 0 saturated carbocycles. The molecule has 0 heterocycles. The molecule has 0 spiro atoms. The van der Waals surface area contributed by atoms with E-state index in [4.69, 9.17) is 0 Å². The molecule has 0 bridgehead atoms. The smallest absolute Gasteiger partial charge is 0.0204 e. The summed E-state index contributed by atoms with van der Waals surface area (Å²) in [6, 6.07) is 14.8. The van der Waals surface area contributed by atoms with Crippen LogP contribution in [0, 0.1) is 16.2 Å². The molecular formula is C37H50. The highest BCUT2D eigenvalue weighted by molar-refractivity contribution is 5.81. The Bertz CT molecular complexity index is 1250. The average Bonchev–Trinajstić information content (AvgIpc) is 3.41. The van der Waals surface area contributed by atoms with Crippen LogP contribution in [-0.2, 0) is 10.8 Å². The van der Waals surface area contributed by atoms with Gasteiger partial charge in [0.2, 0.25) is 0 Å². The normalized spacial score (nSPS) is 22.3. The van der Waals surface area contributed by atoms with E-state index in [-0.39, 0.29) is 27.1 Å². The molecule has 0 saturated heterocycles. The summed E-state index contributed by atoms with van der Waals surface area (Å²) in [5.74, 6) is 0.380. The van der Waals surface area contributed by atoms with Gasteiger partial charge in [-0.2, -0.15) is 0 Å². The number of fused-ring (bicyclic) bond motifs is 3. The lowest BCUT2D eigenvalue weighted by Crippen LogP contribution is -2.41. The second-order valence-corrected chi connectivity index (χ2v) is 16.4. The molecule has 5 rings (SSSR count). The Kier molecular flexibility index (Phi) is 5.71. The monoisotopic (exact) mass is 494 g/mol. The van der Waals surface area contributed by atoms with Crippen LogP contribution in [0.3, 0.4) is 0 Å². The van der Waals surface area contributed by atoms with E-state index in [2.05, 4.69) is 126 Å². The third kappa shape index (κ3) is 4.00. The van der Waals surface area contributed by atoms with Gasteiger partial charge in [-0.05, 0) is 79.9 Å². The Hall–Kier alpha value is -2.08. The van der Waals surface area contributed by atoms with Crippen molar-refractivity contribution in [2.24, 2.45) is 16.2 Å². The van der Waals surface area contributed by atoms with Gasteiger partial charge >= 0.3 is 0 Å². The highest BCUT2D eigenvalue weighted by Gasteiger charge is 2.57. The molecule has 3 aliphatic rings. The predicted octanol–water partition coefficient (Wildman–Crippen LogP) is 10.9. The Morgan fingerprint density at radius 3 is 1.54 bits per heavy atom. The molecule has 198 valence electrons. The molecule has 0 aromatic heterocycles. The van der Waals surface area contributed by atoms with E-state index in [1.54, 1.807) is 27.8 Å². The van der Waals surface area contributed by atoms with Gasteiger partial charge in [0.15, 0.2) is 0 Å². The van der Waals surface area contributed by atoms with Crippen LogP contribution in [0.1, 0.15) is 131 Å². The zero-order valence-corrected chi connectivity index (χ0v) is 25.7. The average molecular weight is 495 g/mol. The van der Waals surface area contributed by atoms with Crippen molar-refractivity contribution in [2.75, 3.05) is 0 Å². The maximum absolute atomic E-state index is 2.66. The van der Waals surface area contributed by atoms with Crippen LogP contribution >= 0.6 is 0 Å². The van der Waals surface area contributed by atoms with Gasteiger partial charge in [0, 0.05) is 11.3 Å². The van der Waals surface area contributed by atoms with Gasteiger partial charge in [-0.25, -0.2) is 0 Å². The molecule has 3 aliphatic carbocycles. The molecule has 0 nitrogen and oxygen atoms in total. The Balaban J connectivity index is 1.83. The van der Waals surface area contributed by atoms with Crippen molar-refractivity contribution in [3.8, 4) is 11.1 Å². The van der Waals surface area contributed by atoms with Gasteiger partial charge in [-0.1, -0.05) is 137 Å². The third-order valence-electron chi connectivity index (χ3n) is 9.95. The van der Waals surface area contributed by atoms with Crippen molar-refractivity contribution < 1.29 is 0 Å². The minimum atomic E-state index is 0.0857. The van der Waals surface area contributed by atoms with E-state index in [1.807, 2.05) is 0 Å². The van der Waals surface area contributed by atoms with Crippen LogP contribution in [0.4, 0.5) is 0 Å². The molecule has 2 aromatic carbocycles. The van der Waals surface area contributed by atoms with Gasteiger partial charge in [-0.3, -0.25) is 0 Å². The molecule has 1 unspecified atom stereocenters. The summed E-state index contributed by atoms with van der Waals surface area (Å²) < 4.78 is 0. The van der Waals surface area contributed by atoms with Crippen LogP contribution < -0.4 is 0 Å². The largest absolute Gasteiger partial charge is 0.0623 e. The molecule has 37 heavy (non-hydrogen) atoms. The van der Waals surface area contributed by atoms with Gasteiger partial charge in [0.05, 0.1) is 0 Å². The standard InChI is InChI=1S/C37H50/c1-33(2,3)24-13-15-27-28-16-14-25(34(4,5)6)21-30(28)32(29(27)20-24)37(36(10,11)12)18-17-23-19-26(22-31(23)37)35(7,8)9/h13-16,20-22,32H,17-19H2,1-12H3. The van der Waals surface area contributed by atoms with Gasteiger partial charge < -0.3 is 0 Å². The second kappa shape index (κ2) is 7.97. The van der Waals surface area contributed by atoms with Crippen molar-refractivity contribution in [3.63, 3.8) is 0 Å². The van der Waals surface area contributed by atoms with Crippen LogP contribution in [0.2, 0.25) is 0 Å². The van der Waals surface area contributed by atoms with Crippen molar-refractivity contribution in [1.82, 2.24) is 0 Å². The van der Waals surface area contributed by atoms with Gasteiger partial charge in [-0.15, -0.1) is 0 Å². The lowest BCUT2D eigenvalue weighted by Gasteiger charge is -2.49. The fourth-order valence-corrected chi connectivity index (χ4v) is 7.52. The second-order valence-electron chi connectivity index (χ2n) is 16.4. The predicted molar refractivity (Wildman–Crippen MR) is 161 cm³/mol. The number of hydrogen-bond donors (Lipinski definition) is 0. The summed E-state index contributed by atoms with van der Waals surface area (Å²) in [7, 11) is 0. The lowest BCUT2D eigenvalue weighted by molar-refractivity contribution is 0.113. The highest BCUT2D eigenvalue weighted by atomic mass is 14.6. The Morgan fingerprint density at radius 1 is 0.649 bits per heavy atom. The zero-order valence-electron chi connectivity index (χ0n) is 25.7. The number of hydrogen-bond acceptors (Lipinski definition) is 0. The van der Waals surface area contributed by atoms with Gasteiger partial charge in [0.1, 0.15) is 0 Å². The topological polar surface area (TPSA) is 0 Å². The minimum Gasteiger partial charge on any atom is -0.0623 e. The fourth-order valence-electron chi connectivity index (χ4n) is 7.52. The van der Waals surface area contributed by atoms with Crippen LogP contribution in [0.15, 0.2) is 59.2 Å². The molecule has 0 N–H and O–H groups in total. The quantitative estimate of drug-likeness (QED) is 0.370. The number of rotatable bonds is 1.